The molecule has 3 aromatic rings. The fourth-order valence-electron chi connectivity index (χ4n) is 2.92. The van der Waals surface area contributed by atoms with Gasteiger partial charge in [-0.2, -0.15) is 0 Å². The number of carbonyl (C=O) groups is 1. The van der Waals surface area contributed by atoms with Crippen LogP contribution in [0.1, 0.15) is 27.0 Å². The van der Waals surface area contributed by atoms with Crippen molar-refractivity contribution in [1.82, 2.24) is 0 Å². The molecule has 4 rings (SSSR count). The number of para-hydroxylation sites is 1. The molecule has 3 aromatic carbocycles. The maximum absolute atomic E-state index is 13.1. The van der Waals surface area contributed by atoms with Crippen LogP contribution in [0.15, 0.2) is 72.8 Å². The molecule has 0 amide bonds. The summed E-state index contributed by atoms with van der Waals surface area (Å²) in [7, 11) is 0. The lowest BCUT2D eigenvalue weighted by atomic mass is 9.93. The highest BCUT2D eigenvalue weighted by atomic mass is 16.5. The molecule has 1 aliphatic rings. The number of benzene rings is 3. The maximum atomic E-state index is 13.1. The fraction of sp³-hybridized carbons (Fsp3) is 0.0455. The SMILES string of the molecule is Cc1ccc2c(c1)C(C(=O)c1ccccc1)=Cc1ccccc1O2. The molecule has 24 heavy (non-hydrogen) atoms. The van der Waals surface area contributed by atoms with Crippen molar-refractivity contribution in [3.05, 3.63) is 95.1 Å². The van der Waals surface area contributed by atoms with E-state index in [1.165, 1.54) is 0 Å². The topological polar surface area (TPSA) is 26.3 Å². The van der Waals surface area contributed by atoms with Crippen molar-refractivity contribution < 1.29 is 9.53 Å². The molecule has 1 heterocycles. The smallest absolute Gasteiger partial charge is 0.193 e. The second kappa shape index (κ2) is 5.82. The van der Waals surface area contributed by atoms with Gasteiger partial charge in [0.05, 0.1) is 0 Å². The molecule has 0 atom stereocenters. The van der Waals surface area contributed by atoms with E-state index >= 15 is 0 Å². The largest absolute Gasteiger partial charge is 0.456 e. The average Bonchev–Trinajstić information content (AvgIpc) is 2.78. The van der Waals surface area contributed by atoms with E-state index in [2.05, 4.69) is 0 Å². The summed E-state index contributed by atoms with van der Waals surface area (Å²) in [5.74, 6) is 1.47. The van der Waals surface area contributed by atoms with Crippen molar-refractivity contribution in [3.8, 4) is 11.5 Å². The van der Waals surface area contributed by atoms with Crippen LogP contribution in [0.2, 0.25) is 0 Å². The van der Waals surface area contributed by atoms with Crippen LogP contribution in [0.4, 0.5) is 0 Å². The monoisotopic (exact) mass is 312 g/mol. The molecular formula is C22H16O2. The van der Waals surface area contributed by atoms with E-state index in [0.29, 0.717) is 16.9 Å². The number of carbonyl (C=O) groups excluding carboxylic acids is 1. The minimum Gasteiger partial charge on any atom is -0.456 e. The van der Waals surface area contributed by atoms with Crippen molar-refractivity contribution in [2.75, 3.05) is 0 Å². The van der Waals surface area contributed by atoms with Gasteiger partial charge >= 0.3 is 0 Å². The molecule has 0 unspecified atom stereocenters. The van der Waals surface area contributed by atoms with Gasteiger partial charge in [-0.05, 0) is 31.2 Å². The second-order valence-corrected chi connectivity index (χ2v) is 5.89. The number of ether oxygens (including phenoxy) is 1. The summed E-state index contributed by atoms with van der Waals surface area (Å²) < 4.78 is 6.07. The summed E-state index contributed by atoms with van der Waals surface area (Å²) in [5, 5.41) is 0. The quantitative estimate of drug-likeness (QED) is 0.582. The van der Waals surface area contributed by atoms with E-state index in [4.69, 9.17) is 4.74 Å². The Balaban J connectivity index is 1.95. The van der Waals surface area contributed by atoms with Crippen molar-refractivity contribution >= 4 is 17.4 Å². The number of hydrogen-bond donors (Lipinski definition) is 0. The van der Waals surface area contributed by atoms with Crippen molar-refractivity contribution in [2.45, 2.75) is 6.92 Å². The number of ketones is 1. The molecule has 0 radical (unpaired) electrons. The molecule has 2 nitrogen and oxygen atoms in total. The molecular weight excluding hydrogens is 296 g/mol. The van der Waals surface area contributed by atoms with E-state index < -0.39 is 0 Å². The Morgan fingerprint density at radius 1 is 0.833 bits per heavy atom. The molecule has 0 aliphatic carbocycles. The van der Waals surface area contributed by atoms with Crippen LogP contribution in [-0.2, 0) is 0 Å². The number of hydrogen-bond acceptors (Lipinski definition) is 2. The lowest BCUT2D eigenvalue weighted by molar-refractivity contribution is 0.105. The zero-order chi connectivity index (χ0) is 16.5. The molecule has 0 saturated carbocycles. The molecule has 1 aliphatic heterocycles. The third kappa shape index (κ3) is 2.52. The molecule has 116 valence electrons. The highest BCUT2D eigenvalue weighted by Crippen LogP contribution is 2.39. The van der Waals surface area contributed by atoms with Gasteiger partial charge in [-0.15, -0.1) is 0 Å². The first kappa shape index (κ1) is 14.5. The summed E-state index contributed by atoms with van der Waals surface area (Å²) in [6.07, 6.45) is 1.93. The lowest BCUT2D eigenvalue weighted by Crippen LogP contribution is -2.03. The van der Waals surface area contributed by atoms with Gasteiger partial charge in [-0.3, -0.25) is 4.79 Å². The van der Waals surface area contributed by atoms with Crippen LogP contribution in [0.25, 0.3) is 11.6 Å². The highest BCUT2D eigenvalue weighted by molar-refractivity contribution is 6.33. The highest BCUT2D eigenvalue weighted by Gasteiger charge is 2.22. The Labute approximate surface area is 141 Å². The van der Waals surface area contributed by atoms with Gasteiger partial charge in [0, 0.05) is 22.3 Å². The molecule has 0 aromatic heterocycles. The number of Topliss-reactive ketones (excluding diaryl/α,β-unsaturated/α-hetero) is 1. The third-order valence-corrected chi connectivity index (χ3v) is 4.14. The summed E-state index contributed by atoms with van der Waals surface area (Å²) in [6, 6.07) is 23.1. The average molecular weight is 312 g/mol. The van der Waals surface area contributed by atoms with Gasteiger partial charge in [0.25, 0.3) is 0 Å². The van der Waals surface area contributed by atoms with E-state index in [-0.39, 0.29) is 5.78 Å². The summed E-state index contributed by atoms with van der Waals surface area (Å²) in [4.78, 5) is 13.1. The first-order valence-electron chi connectivity index (χ1n) is 7.92. The van der Waals surface area contributed by atoms with Gasteiger partial charge in [0.2, 0.25) is 0 Å². The van der Waals surface area contributed by atoms with Crippen LogP contribution in [0.3, 0.4) is 0 Å². The van der Waals surface area contributed by atoms with Crippen LogP contribution in [-0.4, -0.2) is 5.78 Å². The van der Waals surface area contributed by atoms with Crippen LogP contribution < -0.4 is 4.74 Å². The Bertz CT molecular complexity index is 953. The van der Waals surface area contributed by atoms with E-state index in [0.717, 1.165) is 22.4 Å². The predicted molar refractivity (Wildman–Crippen MR) is 96.3 cm³/mol. The molecule has 0 bridgehead atoms. The number of fused-ring (bicyclic) bond motifs is 2. The summed E-state index contributed by atoms with van der Waals surface area (Å²) in [5.41, 5.74) is 4.17. The van der Waals surface area contributed by atoms with Crippen LogP contribution >= 0.6 is 0 Å². The van der Waals surface area contributed by atoms with Crippen LogP contribution in [0, 0.1) is 6.92 Å². The van der Waals surface area contributed by atoms with Crippen molar-refractivity contribution in [1.29, 1.82) is 0 Å². The minimum absolute atomic E-state index is 0.00255. The normalized spacial score (nSPS) is 12.3. The van der Waals surface area contributed by atoms with Gasteiger partial charge in [0.1, 0.15) is 11.5 Å². The first-order chi connectivity index (χ1) is 11.7. The van der Waals surface area contributed by atoms with Gasteiger partial charge in [0.15, 0.2) is 5.78 Å². The first-order valence-corrected chi connectivity index (χ1v) is 7.92. The molecule has 0 fully saturated rings. The Kier molecular flexibility index (Phi) is 3.51. The molecule has 0 saturated heterocycles. The fourth-order valence-corrected chi connectivity index (χ4v) is 2.92. The van der Waals surface area contributed by atoms with Gasteiger partial charge < -0.3 is 4.74 Å². The van der Waals surface area contributed by atoms with Gasteiger partial charge in [-0.25, -0.2) is 0 Å². The van der Waals surface area contributed by atoms with Crippen LogP contribution in [0.5, 0.6) is 11.5 Å². The Morgan fingerprint density at radius 3 is 2.42 bits per heavy atom. The number of aryl methyl sites for hydroxylation is 1. The van der Waals surface area contributed by atoms with E-state index in [1.54, 1.807) is 0 Å². The number of allylic oxidation sites excluding steroid dienone is 1. The van der Waals surface area contributed by atoms with Crippen molar-refractivity contribution in [3.63, 3.8) is 0 Å². The summed E-state index contributed by atoms with van der Waals surface area (Å²) in [6.45, 7) is 2.02. The second-order valence-electron chi connectivity index (χ2n) is 5.89. The lowest BCUT2D eigenvalue weighted by Gasteiger charge is -2.11. The van der Waals surface area contributed by atoms with Gasteiger partial charge in [-0.1, -0.05) is 60.2 Å². The molecule has 0 N–H and O–H groups in total. The molecule has 2 heteroatoms. The Hall–Kier alpha value is -3.13. The summed E-state index contributed by atoms with van der Waals surface area (Å²) >= 11 is 0. The standard InChI is InChI=1S/C22H16O2/c1-15-11-12-21-18(13-15)19(22(23)16-7-3-2-4-8-16)14-17-9-5-6-10-20(17)24-21/h2-14H,1H3. The predicted octanol–water partition coefficient (Wildman–Crippen LogP) is 5.52. The zero-order valence-corrected chi connectivity index (χ0v) is 13.3. The minimum atomic E-state index is 0.00255. The maximum Gasteiger partial charge on any atom is 0.193 e. The van der Waals surface area contributed by atoms with Crippen molar-refractivity contribution in [2.24, 2.45) is 0 Å². The van der Waals surface area contributed by atoms with E-state index in [9.17, 15) is 4.79 Å². The third-order valence-electron chi connectivity index (χ3n) is 4.14. The molecule has 0 spiro atoms. The zero-order valence-electron chi connectivity index (χ0n) is 13.3. The Morgan fingerprint density at radius 2 is 1.58 bits per heavy atom. The number of rotatable bonds is 2. The van der Waals surface area contributed by atoms with E-state index in [1.807, 2.05) is 85.8 Å².